The summed E-state index contributed by atoms with van der Waals surface area (Å²) in [4.78, 5) is 114. The van der Waals surface area contributed by atoms with Gasteiger partial charge in [0.25, 0.3) is 5.91 Å². The van der Waals surface area contributed by atoms with Gasteiger partial charge in [-0.2, -0.15) is 0 Å². The van der Waals surface area contributed by atoms with Crippen LogP contribution in [0.15, 0.2) is 126 Å². The van der Waals surface area contributed by atoms with Crippen molar-refractivity contribution < 1.29 is 81.7 Å². The number of nitrogens with one attached hydrogen (secondary N) is 1. The Morgan fingerprint density at radius 3 is 1.93 bits per heavy atom. The van der Waals surface area contributed by atoms with Gasteiger partial charge in [0, 0.05) is 50.0 Å². The Bertz CT molecular complexity index is 3050. The van der Waals surface area contributed by atoms with Gasteiger partial charge in [0.05, 0.1) is 29.6 Å². The molecule has 4 aliphatic rings. The summed E-state index contributed by atoms with van der Waals surface area (Å²) >= 11 is 0. The molecule has 1 amide bonds. The molecule has 0 radical (unpaired) electrons. The van der Waals surface area contributed by atoms with Gasteiger partial charge in [0.1, 0.15) is 42.3 Å². The maximum Gasteiger partial charge on any atom is 0.509 e. The molecule has 18 heteroatoms. The van der Waals surface area contributed by atoms with Gasteiger partial charge in [-0.3, -0.25) is 24.0 Å². The Morgan fingerprint density at radius 2 is 1.36 bits per heavy atom. The largest absolute Gasteiger partial charge is 0.509 e. The monoisotopic (exact) mass is 1110 g/mol. The maximum atomic E-state index is 15.8. The van der Waals surface area contributed by atoms with Crippen LogP contribution >= 0.6 is 0 Å². The Labute approximate surface area is 470 Å². The van der Waals surface area contributed by atoms with E-state index in [2.05, 4.69) is 19.2 Å². The molecule has 3 fully saturated rings. The SMILES string of the molecule is CC(=O)O[C@H]1C(=O)[C@@]2(C)C(C(OC(=O)c3ccccc3)[C@]3(O)C[C@H](OC(=O)[C@H](OC(=O)OCc4ccc(CC(=O)[C@H](C)CC(C)C)cc4)[C@@H](NC(=O)c4ccccc4)c4ccccc4)C(C)=C1C3(C)C)[C@]1(OC(C)=O)CO[C@@H]1C[C@@H]2O. The smallest absolute Gasteiger partial charge is 0.455 e. The third-order valence-corrected chi connectivity index (χ3v) is 16.8. The predicted octanol–water partition coefficient (Wildman–Crippen LogP) is 7.89. The van der Waals surface area contributed by atoms with E-state index in [1.54, 1.807) is 117 Å². The Balaban J connectivity index is 1.22. The van der Waals surface area contributed by atoms with E-state index in [1.807, 2.05) is 6.92 Å². The number of fused-ring (bicyclic) bond motifs is 5. The fraction of sp³-hybridized carbons (Fsp3) is 0.460. The van der Waals surface area contributed by atoms with E-state index in [1.165, 1.54) is 26.0 Å². The molecule has 0 aromatic heterocycles. The van der Waals surface area contributed by atoms with E-state index < -0.39 is 119 Å². The molecule has 1 saturated heterocycles. The standard InChI is InChI=1S/C63H71NO17/c1-35(2)29-36(3)45(67)30-40-25-27-41(28-26-40)33-75-59(73)79-52(50(42-19-13-10-14-20-42)64-56(70)43-21-15-11-16-22-43)58(72)78-46-32-63(74)55(80-57(71)44-23-17-12-18-24-44)53-61(9,47(68)31-48-62(53,34-76-48)81-39(6)66)54(69)51(77-38(5)65)49(37(46)4)60(63,7)8/h10-28,35-36,46-48,50-53,55,68,74H,29-34H2,1-9H3,(H,64,70)/t36-,46+,47+,48-,50+,51-,52-,53?,55?,61-,62+,63-/m1/s1. The fourth-order valence-corrected chi connectivity index (χ4v) is 12.5. The molecule has 2 saturated carbocycles. The highest BCUT2D eigenvalue weighted by Crippen LogP contribution is 2.64. The predicted molar refractivity (Wildman–Crippen MR) is 291 cm³/mol. The van der Waals surface area contributed by atoms with Crippen molar-refractivity contribution in [2.45, 2.75) is 148 Å². The maximum absolute atomic E-state index is 15.8. The Morgan fingerprint density at radius 1 is 0.765 bits per heavy atom. The highest BCUT2D eigenvalue weighted by molar-refractivity contribution is 5.96. The molecule has 4 aromatic carbocycles. The topological polar surface area (TPSA) is 254 Å². The minimum absolute atomic E-state index is 0.0314. The van der Waals surface area contributed by atoms with Crippen LogP contribution in [-0.2, 0) is 70.2 Å². The normalized spacial score (nSPS) is 27.4. The summed E-state index contributed by atoms with van der Waals surface area (Å²) in [7, 11) is 0. The number of Topliss-reactive ketones (excluding diaryl/α,β-unsaturated/α-hetero) is 2. The Hall–Kier alpha value is -7.54. The van der Waals surface area contributed by atoms with Crippen LogP contribution in [0.1, 0.15) is 125 Å². The first-order valence-corrected chi connectivity index (χ1v) is 27.3. The number of rotatable bonds is 18. The first-order valence-electron chi connectivity index (χ1n) is 27.3. The second-order valence-corrected chi connectivity index (χ2v) is 23.0. The van der Waals surface area contributed by atoms with E-state index in [4.69, 9.17) is 33.2 Å². The molecule has 0 spiro atoms. The van der Waals surface area contributed by atoms with Crippen LogP contribution in [0.2, 0.25) is 0 Å². The lowest BCUT2D eigenvalue weighted by molar-refractivity contribution is -0.346. The molecule has 3 aliphatic carbocycles. The summed E-state index contributed by atoms with van der Waals surface area (Å²) in [6, 6.07) is 29.4. The zero-order chi connectivity index (χ0) is 58.8. The first-order chi connectivity index (χ1) is 38.3. The highest BCUT2D eigenvalue weighted by Gasteiger charge is 2.78. The molecular formula is C63H71NO17. The number of carbonyl (C=O) groups excluding carboxylic acids is 8. The van der Waals surface area contributed by atoms with E-state index >= 15 is 9.59 Å². The average molecular weight is 1110 g/mol. The van der Waals surface area contributed by atoms with Crippen molar-refractivity contribution in [3.8, 4) is 0 Å². The fourth-order valence-electron chi connectivity index (χ4n) is 12.5. The van der Waals surface area contributed by atoms with Crippen LogP contribution in [0.4, 0.5) is 4.79 Å². The first kappa shape index (κ1) is 59.6. The zero-order valence-electron chi connectivity index (χ0n) is 47.0. The van der Waals surface area contributed by atoms with E-state index in [0.717, 1.165) is 25.8 Å². The number of aliphatic hydroxyl groups excluding tert-OH is 1. The second-order valence-electron chi connectivity index (χ2n) is 23.0. The van der Waals surface area contributed by atoms with Gasteiger partial charge >= 0.3 is 30.0 Å². The summed E-state index contributed by atoms with van der Waals surface area (Å²) in [6.45, 7) is 13.5. The van der Waals surface area contributed by atoms with Crippen molar-refractivity contribution in [1.29, 1.82) is 0 Å². The minimum Gasteiger partial charge on any atom is -0.455 e. The molecule has 430 valence electrons. The van der Waals surface area contributed by atoms with Crippen molar-refractivity contribution in [3.63, 3.8) is 0 Å². The number of carbonyl (C=O) groups is 8. The average Bonchev–Trinajstić information content (AvgIpc) is 3.33. The van der Waals surface area contributed by atoms with Gasteiger partial charge in [0.2, 0.25) is 6.10 Å². The molecule has 12 atom stereocenters. The van der Waals surface area contributed by atoms with Gasteiger partial charge in [-0.15, -0.1) is 0 Å². The van der Waals surface area contributed by atoms with Crippen LogP contribution < -0.4 is 5.32 Å². The second kappa shape index (κ2) is 23.9. The number of ketones is 2. The molecule has 1 heterocycles. The summed E-state index contributed by atoms with van der Waals surface area (Å²) in [5.74, 6) is -6.89. The molecule has 2 unspecified atom stereocenters. The quantitative estimate of drug-likeness (QED) is 0.0486. The van der Waals surface area contributed by atoms with Gasteiger partial charge in [-0.25, -0.2) is 14.4 Å². The number of ether oxygens (including phenoxy) is 7. The van der Waals surface area contributed by atoms with Crippen molar-refractivity contribution in [3.05, 3.63) is 154 Å². The summed E-state index contributed by atoms with van der Waals surface area (Å²) in [5, 5.41) is 29.2. The van der Waals surface area contributed by atoms with Crippen LogP contribution in [0.25, 0.3) is 0 Å². The number of hydrogen-bond donors (Lipinski definition) is 3. The van der Waals surface area contributed by atoms with Crippen molar-refractivity contribution in [2.24, 2.45) is 28.6 Å². The molecule has 18 nitrogen and oxygen atoms in total. The van der Waals surface area contributed by atoms with Crippen LogP contribution in [0, 0.1) is 28.6 Å². The molecule has 3 N–H and O–H groups in total. The van der Waals surface area contributed by atoms with Gasteiger partial charge in [-0.1, -0.05) is 126 Å². The lowest BCUT2D eigenvalue weighted by atomic mass is 9.44. The number of aliphatic hydroxyl groups is 2. The molecule has 1 aliphatic heterocycles. The molecule has 2 bridgehead atoms. The van der Waals surface area contributed by atoms with E-state index in [9.17, 15) is 39.0 Å². The van der Waals surface area contributed by atoms with Crippen molar-refractivity contribution in [2.75, 3.05) is 6.61 Å². The summed E-state index contributed by atoms with van der Waals surface area (Å²) in [6.07, 6.45) is -11.5. The van der Waals surface area contributed by atoms with E-state index in [0.29, 0.717) is 11.5 Å². The molecule has 4 aromatic rings. The Kier molecular flexibility index (Phi) is 17.6. The molecule has 81 heavy (non-hydrogen) atoms. The summed E-state index contributed by atoms with van der Waals surface area (Å²) < 4.78 is 42.5. The van der Waals surface area contributed by atoms with Crippen molar-refractivity contribution in [1.82, 2.24) is 5.32 Å². The molecule has 8 rings (SSSR count). The number of amides is 1. The molecular weight excluding hydrogens is 1040 g/mol. The lowest BCUT2D eigenvalue weighted by Gasteiger charge is -2.67. The third kappa shape index (κ3) is 11.8. The number of esters is 4. The third-order valence-electron chi connectivity index (χ3n) is 16.8. The van der Waals surface area contributed by atoms with Crippen LogP contribution in [0.5, 0.6) is 0 Å². The number of hydrogen-bond acceptors (Lipinski definition) is 17. The zero-order valence-corrected chi connectivity index (χ0v) is 47.0. The van der Waals surface area contributed by atoms with Gasteiger partial charge in [-0.05, 0) is 78.3 Å². The summed E-state index contributed by atoms with van der Waals surface area (Å²) in [5.41, 5.74) is -6.41. The minimum atomic E-state index is -2.50. The number of benzene rings is 4. The lowest BCUT2D eigenvalue weighted by Crippen LogP contribution is -2.82. The van der Waals surface area contributed by atoms with Crippen LogP contribution in [0.3, 0.4) is 0 Å². The van der Waals surface area contributed by atoms with Gasteiger partial charge < -0.3 is 48.7 Å². The van der Waals surface area contributed by atoms with E-state index in [-0.39, 0.29) is 65.6 Å². The highest BCUT2D eigenvalue weighted by atomic mass is 16.7. The van der Waals surface area contributed by atoms with Crippen molar-refractivity contribution >= 4 is 47.5 Å². The van der Waals surface area contributed by atoms with Gasteiger partial charge in [0.15, 0.2) is 17.5 Å². The van der Waals surface area contributed by atoms with Crippen LogP contribution in [-0.4, -0.2) is 112 Å².